The van der Waals surface area contributed by atoms with E-state index in [1.165, 1.54) is 11.6 Å². The van der Waals surface area contributed by atoms with Crippen LogP contribution in [0.5, 0.6) is 0 Å². The molecule has 150 valence electrons. The number of alkyl halides is 3. The average molecular weight is 393 g/mol. The molecule has 0 amide bonds. The predicted molar refractivity (Wildman–Crippen MR) is 101 cm³/mol. The molecule has 1 fully saturated rings. The first-order valence-corrected chi connectivity index (χ1v) is 9.28. The van der Waals surface area contributed by atoms with Gasteiger partial charge >= 0.3 is 6.18 Å². The van der Waals surface area contributed by atoms with E-state index < -0.39 is 17.6 Å². The van der Waals surface area contributed by atoms with E-state index in [0.29, 0.717) is 18.2 Å². The van der Waals surface area contributed by atoms with Crippen molar-refractivity contribution in [2.75, 3.05) is 13.1 Å². The quantitative estimate of drug-likeness (QED) is 0.544. The summed E-state index contributed by atoms with van der Waals surface area (Å²) in [6.45, 7) is 2.14. The fourth-order valence-corrected chi connectivity index (χ4v) is 3.36. The van der Waals surface area contributed by atoms with Crippen LogP contribution in [-0.2, 0) is 19.8 Å². The molecule has 7 heteroatoms. The van der Waals surface area contributed by atoms with Crippen molar-refractivity contribution in [1.82, 2.24) is 14.5 Å². The van der Waals surface area contributed by atoms with Crippen molar-refractivity contribution in [2.24, 2.45) is 7.05 Å². The van der Waals surface area contributed by atoms with Crippen LogP contribution in [0.2, 0.25) is 0 Å². The average Bonchev–Trinajstić information content (AvgIpc) is 3.03. The summed E-state index contributed by atoms with van der Waals surface area (Å²) in [5, 5.41) is 0. The van der Waals surface area contributed by atoms with E-state index in [1.807, 2.05) is 36.1 Å². The molecule has 0 saturated carbocycles. The number of benzene rings is 2. The van der Waals surface area contributed by atoms with E-state index >= 15 is 0 Å². The van der Waals surface area contributed by atoms with Gasteiger partial charge in [0.25, 0.3) is 0 Å². The molecule has 1 aromatic heterocycles. The van der Waals surface area contributed by atoms with E-state index in [2.05, 4.69) is 16.0 Å². The molecular formula is C21H23F4N3. The fourth-order valence-electron chi connectivity index (χ4n) is 3.36. The summed E-state index contributed by atoms with van der Waals surface area (Å²) in [6, 6.07) is 10.8. The number of halogens is 4. The Morgan fingerprint density at radius 1 is 1.00 bits per heavy atom. The molecule has 0 N–H and O–H groups in total. The molecule has 1 saturated heterocycles. The fraction of sp³-hybridized carbons (Fsp3) is 0.381. The van der Waals surface area contributed by atoms with Crippen molar-refractivity contribution in [3.05, 3.63) is 65.7 Å². The van der Waals surface area contributed by atoms with E-state index in [-0.39, 0.29) is 0 Å². The summed E-state index contributed by atoms with van der Waals surface area (Å²) in [4.78, 5) is 6.25. The van der Waals surface area contributed by atoms with E-state index in [9.17, 15) is 17.6 Å². The summed E-state index contributed by atoms with van der Waals surface area (Å²) in [7, 11) is 2.00. The summed E-state index contributed by atoms with van der Waals surface area (Å²) < 4.78 is 52.8. The Kier molecular flexibility index (Phi) is 6.34. The topological polar surface area (TPSA) is 21.1 Å². The smallest absolute Gasteiger partial charge is 0.334 e. The van der Waals surface area contributed by atoms with Gasteiger partial charge in [-0.05, 0) is 61.8 Å². The highest BCUT2D eigenvalue weighted by atomic mass is 19.4. The number of rotatable bonds is 2. The van der Waals surface area contributed by atoms with Crippen molar-refractivity contribution < 1.29 is 17.6 Å². The molecule has 0 aliphatic carbocycles. The lowest BCUT2D eigenvalue weighted by molar-refractivity contribution is -0.137. The molecule has 3 aromatic rings. The molecular weight excluding hydrogens is 370 g/mol. The molecule has 3 nitrogen and oxygen atoms in total. The van der Waals surface area contributed by atoms with E-state index in [0.717, 1.165) is 43.9 Å². The maximum atomic E-state index is 13.2. The lowest BCUT2D eigenvalue weighted by Crippen LogP contribution is -2.29. The standard InChI is InChI=1S/C13H15F4N.C8H8N2/c14-12-7-10(6-11(8-12)13(15,16)17)9-18-4-2-1-3-5-18;1-10-6-9-7-4-2-3-5-8(7)10/h6-8H,1-5,9H2;2-6H,1H3. The number of imidazole rings is 1. The first-order chi connectivity index (χ1) is 13.3. The van der Waals surface area contributed by atoms with Crippen LogP contribution in [0.4, 0.5) is 17.6 Å². The van der Waals surface area contributed by atoms with Gasteiger partial charge in [-0.25, -0.2) is 9.37 Å². The van der Waals surface area contributed by atoms with Gasteiger partial charge in [0.05, 0.1) is 22.9 Å². The normalized spacial score (nSPS) is 15.3. The second kappa shape index (κ2) is 8.73. The highest BCUT2D eigenvalue weighted by Gasteiger charge is 2.31. The minimum atomic E-state index is -4.49. The number of piperidine rings is 1. The van der Waals surface area contributed by atoms with Gasteiger partial charge in [0.15, 0.2) is 0 Å². The maximum Gasteiger partial charge on any atom is 0.416 e. The summed E-state index contributed by atoms with van der Waals surface area (Å²) >= 11 is 0. The lowest BCUT2D eigenvalue weighted by Gasteiger charge is -2.26. The molecule has 2 aromatic carbocycles. The van der Waals surface area contributed by atoms with Crippen molar-refractivity contribution in [1.29, 1.82) is 0 Å². The molecule has 28 heavy (non-hydrogen) atoms. The summed E-state index contributed by atoms with van der Waals surface area (Å²) in [5.41, 5.74) is 1.73. The lowest BCUT2D eigenvalue weighted by atomic mass is 10.1. The van der Waals surface area contributed by atoms with Crippen molar-refractivity contribution in [3.63, 3.8) is 0 Å². The monoisotopic (exact) mass is 393 g/mol. The number of nitrogens with zero attached hydrogens (tertiary/aromatic N) is 3. The van der Waals surface area contributed by atoms with Crippen LogP contribution in [0.15, 0.2) is 48.8 Å². The molecule has 0 atom stereocenters. The van der Waals surface area contributed by atoms with Gasteiger partial charge in [-0.3, -0.25) is 4.90 Å². The SMILES string of the molecule is Cn1cnc2ccccc21.Fc1cc(CN2CCCCC2)cc(C(F)(F)F)c1. The Morgan fingerprint density at radius 3 is 2.39 bits per heavy atom. The predicted octanol–water partition coefficient (Wildman–Crippen LogP) is 5.40. The first kappa shape index (κ1) is 20.3. The Bertz CT molecular complexity index is 911. The molecule has 1 aliphatic heterocycles. The van der Waals surface area contributed by atoms with Crippen molar-refractivity contribution >= 4 is 11.0 Å². The van der Waals surface area contributed by atoms with Crippen LogP contribution in [0, 0.1) is 5.82 Å². The largest absolute Gasteiger partial charge is 0.416 e. The van der Waals surface area contributed by atoms with Crippen LogP contribution in [0.1, 0.15) is 30.4 Å². The number of hydrogen-bond donors (Lipinski definition) is 0. The third-order valence-electron chi connectivity index (χ3n) is 4.77. The van der Waals surface area contributed by atoms with Crippen LogP contribution in [-0.4, -0.2) is 27.5 Å². The van der Waals surface area contributed by atoms with Gasteiger partial charge < -0.3 is 4.57 Å². The maximum absolute atomic E-state index is 13.2. The third-order valence-corrected chi connectivity index (χ3v) is 4.77. The summed E-state index contributed by atoms with van der Waals surface area (Å²) in [6.07, 6.45) is 0.611. The van der Waals surface area contributed by atoms with Gasteiger partial charge in [0.1, 0.15) is 5.82 Å². The number of para-hydroxylation sites is 2. The number of aryl methyl sites for hydroxylation is 1. The number of aromatic nitrogens is 2. The first-order valence-electron chi connectivity index (χ1n) is 9.28. The second-order valence-corrected chi connectivity index (χ2v) is 7.03. The van der Waals surface area contributed by atoms with Crippen LogP contribution >= 0.6 is 0 Å². The minimum Gasteiger partial charge on any atom is -0.334 e. The van der Waals surface area contributed by atoms with Crippen LogP contribution in [0.25, 0.3) is 11.0 Å². The van der Waals surface area contributed by atoms with Crippen LogP contribution < -0.4 is 0 Å². The molecule has 1 aliphatic rings. The van der Waals surface area contributed by atoms with Gasteiger partial charge in [-0.2, -0.15) is 13.2 Å². The zero-order valence-electron chi connectivity index (χ0n) is 15.7. The molecule has 0 unspecified atom stereocenters. The Balaban J connectivity index is 0.000000188. The number of hydrogen-bond acceptors (Lipinski definition) is 2. The second-order valence-electron chi connectivity index (χ2n) is 7.03. The Morgan fingerprint density at radius 2 is 1.71 bits per heavy atom. The highest BCUT2D eigenvalue weighted by molar-refractivity contribution is 5.74. The highest BCUT2D eigenvalue weighted by Crippen LogP contribution is 2.30. The summed E-state index contributed by atoms with van der Waals surface area (Å²) in [5.74, 6) is -0.822. The van der Waals surface area contributed by atoms with E-state index in [4.69, 9.17) is 0 Å². The van der Waals surface area contributed by atoms with E-state index in [1.54, 1.807) is 0 Å². The minimum absolute atomic E-state index is 0.390. The van der Waals surface area contributed by atoms with Gasteiger partial charge in [0.2, 0.25) is 0 Å². The number of fused-ring (bicyclic) bond motifs is 1. The van der Waals surface area contributed by atoms with Crippen molar-refractivity contribution in [3.8, 4) is 0 Å². The zero-order valence-corrected chi connectivity index (χ0v) is 15.7. The number of likely N-dealkylation sites (tertiary alicyclic amines) is 1. The molecule has 2 heterocycles. The zero-order chi connectivity index (χ0) is 20.1. The molecule has 0 spiro atoms. The Hall–Kier alpha value is -2.41. The molecule has 0 radical (unpaired) electrons. The molecule has 4 rings (SSSR count). The third kappa shape index (κ3) is 5.32. The van der Waals surface area contributed by atoms with Crippen molar-refractivity contribution in [2.45, 2.75) is 32.0 Å². The van der Waals surface area contributed by atoms with Gasteiger partial charge in [-0.1, -0.05) is 18.6 Å². The molecule has 0 bridgehead atoms. The van der Waals surface area contributed by atoms with Gasteiger partial charge in [0, 0.05) is 13.6 Å². The van der Waals surface area contributed by atoms with Crippen LogP contribution in [0.3, 0.4) is 0 Å². The Labute approximate surface area is 161 Å². The van der Waals surface area contributed by atoms with Gasteiger partial charge in [-0.15, -0.1) is 0 Å².